The van der Waals surface area contributed by atoms with Crippen LogP contribution in [0.15, 0.2) is 77.5 Å². The maximum absolute atomic E-state index is 12.6. The Morgan fingerprint density at radius 1 is 1.00 bits per heavy atom. The number of hydrazine groups is 1. The molecule has 0 unspecified atom stereocenters. The predicted octanol–water partition coefficient (Wildman–Crippen LogP) is 3.91. The zero-order chi connectivity index (χ0) is 21.6. The summed E-state index contributed by atoms with van der Waals surface area (Å²) < 4.78 is 1.85. The summed E-state index contributed by atoms with van der Waals surface area (Å²) in [5, 5.41) is 10.6. The van der Waals surface area contributed by atoms with Crippen LogP contribution in [-0.4, -0.2) is 26.6 Å². The van der Waals surface area contributed by atoms with E-state index in [9.17, 15) is 9.59 Å². The fraction of sp³-hybridized carbons (Fsp3) is 0.0909. The Labute approximate surface area is 187 Å². The summed E-state index contributed by atoms with van der Waals surface area (Å²) in [6, 6.07) is 18.8. The number of amides is 2. The van der Waals surface area contributed by atoms with Crippen molar-refractivity contribution in [3.63, 3.8) is 0 Å². The van der Waals surface area contributed by atoms with E-state index in [2.05, 4.69) is 21.0 Å². The van der Waals surface area contributed by atoms with Gasteiger partial charge in [0.1, 0.15) is 11.2 Å². The van der Waals surface area contributed by atoms with E-state index in [1.165, 1.54) is 11.3 Å². The van der Waals surface area contributed by atoms with Crippen molar-refractivity contribution in [2.24, 2.45) is 7.05 Å². The molecule has 0 aliphatic rings. The minimum atomic E-state index is -0.376. The van der Waals surface area contributed by atoms with Gasteiger partial charge >= 0.3 is 0 Å². The van der Waals surface area contributed by atoms with Gasteiger partial charge in [-0.25, -0.2) is 0 Å². The van der Waals surface area contributed by atoms with Crippen LogP contribution in [0.3, 0.4) is 0 Å². The standard InChI is InChI=1S/C22H19N5O2S2/c1-27-14-23-26-22(27)31-13-15-7-9-17(10-8-15)20(28)24-25-21(29)19-18(11-12-30-19)16-5-3-2-4-6-16/h2-12,14H,13H2,1H3,(H,24,28)(H,25,29). The second-order valence-electron chi connectivity index (χ2n) is 6.65. The van der Waals surface area contributed by atoms with Gasteiger partial charge < -0.3 is 4.57 Å². The van der Waals surface area contributed by atoms with Crippen LogP contribution in [0.4, 0.5) is 0 Å². The SMILES string of the molecule is Cn1cnnc1SCc1ccc(C(=O)NNC(=O)c2sccc2-c2ccccc2)cc1. The number of nitrogens with one attached hydrogen (secondary N) is 2. The van der Waals surface area contributed by atoms with Crippen molar-refractivity contribution in [2.75, 3.05) is 0 Å². The first-order valence-corrected chi connectivity index (χ1v) is 11.3. The van der Waals surface area contributed by atoms with Crippen LogP contribution in [0, 0.1) is 0 Å². The predicted molar refractivity (Wildman–Crippen MR) is 122 cm³/mol. The van der Waals surface area contributed by atoms with Gasteiger partial charge in [-0.15, -0.1) is 21.5 Å². The largest absolute Gasteiger partial charge is 0.312 e. The van der Waals surface area contributed by atoms with Gasteiger partial charge in [0.05, 0.1) is 0 Å². The van der Waals surface area contributed by atoms with Crippen LogP contribution < -0.4 is 10.9 Å². The Bertz CT molecular complexity index is 1190. The number of carbonyl (C=O) groups is 2. The average Bonchev–Trinajstić information content (AvgIpc) is 3.46. The van der Waals surface area contributed by atoms with Gasteiger partial charge in [-0.05, 0) is 34.7 Å². The van der Waals surface area contributed by atoms with E-state index in [-0.39, 0.29) is 11.8 Å². The highest BCUT2D eigenvalue weighted by Gasteiger charge is 2.15. The summed E-state index contributed by atoms with van der Waals surface area (Å²) in [5.41, 5.74) is 8.30. The number of nitrogens with zero attached hydrogens (tertiary/aromatic N) is 3. The zero-order valence-electron chi connectivity index (χ0n) is 16.6. The highest BCUT2D eigenvalue weighted by molar-refractivity contribution is 7.98. The molecule has 0 bridgehead atoms. The lowest BCUT2D eigenvalue weighted by molar-refractivity contribution is 0.0849. The Morgan fingerprint density at radius 3 is 2.45 bits per heavy atom. The Hall–Kier alpha value is -3.43. The first-order chi connectivity index (χ1) is 15.1. The molecule has 0 aliphatic carbocycles. The van der Waals surface area contributed by atoms with Crippen molar-refractivity contribution >= 4 is 34.9 Å². The molecule has 0 spiro atoms. The molecule has 0 saturated heterocycles. The van der Waals surface area contributed by atoms with Crippen molar-refractivity contribution in [1.82, 2.24) is 25.6 Å². The molecule has 2 aromatic heterocycles. The molecule has 9 heteroatoms. The number of thioether (sulfide) groups is 1. The summed E-state index contributed by atoms with van der Waals surface area (Å²) in [6.07, 6.45) is 1.66. The molecule has 2 amide bonds. The number of thiophene rings is 1. The van der Waals surface area contributed by atoms with Crippen molar-refractivity contribution in [3.8, 4) is 11.1 Å². The van der Waals surface area contributed by atoms with E-state index < -0.39 is 0 Å². The lowest BCUT2D eigenvalue weighted by atomic mass is 10.1. The van der Waals surface area contributed by atoms with Crippen molar-refractivity contribution in [3.05, 3.63) is 88.4 Å². The van der Waals surface area contributed by atoms with E-state index in [4.69, 9.17) is 0 Å². The first kappa shape index (κ1) is 20.8. The number of hydrogen-bond acceptors (Lipinski definition) is 6. The molecule has 0 saturated carbocycles. The molecule has 31 heavy (non-hydrogen) atoms. The van der Waals surface area contributed by atoms with E-state index >= 15 is 0 Å². The molecule has 0 radical (unpaired) electrons. The van der Waals surface area contributed by atoms with Gasteiger partial charge in [0.2, 0.25) is 0 Å². The van der Waals surface area contributed by atoms with Gasteiger partial charge in [-0.2, -0.15) is 0 Å². The molecule has 2 heterocycles. The maximum Gasteiger partial charge on any atom is 0.280 e. The molecule has 4 aromatic rings. The van der Waals surface area contributed by atoms with Crippen molar-refractivity contribution < 1.29 is 9.59 Å². The van der Waals surface area contributed by atoms with Crippen LogP contribution in [-0.2, 0) is 12.8 Å². The summed E-state index contributed by atoms with van der Waals surface area (Å²) in [7, 11) is 1.89. The lowest BCUT2D eigenvalue weighted by Gasteiger charge is -2.09. The molecule has 0 fully saturated rings. The molecular weight excluding hydrogens is 430 g/mol. The highest BCUT2D eigenvalue weighted by Crippen LogP contribution is 2.28. The summed E-state index contributed by atoms with van der Waals surface area (Å²) in [4.78, 5) is 25.6. The van der Waals surface area contributed by atoms with E-state index in [1.807, 2.05) is 65.5 Å². The Morgan fingerprint density at radius 2 is 1.74 bits per heavy atom. The van der Waals surface area contributed by atoms with Gasteiger partial charge in [0, 0.05) is 23.9 Å². The average molecular weight is 450 g/mol. The first-order valence-electron chi connectivity index (χ1n) is 9.41. The third-order valence-corrected chi connectivity index (χ3v) is 6.52. The molecule has 4 rings (SSSR count). The minimum absolute atomic E-state index is 0.348. The fourth-order valence-corrected chi connectivity index (χ4v) is 4.53. The maximum atomic E-state index is 12.6. The van der Waals surface area contributed by atoms with Crippen LogP contribution in [0.1, 0.15) is 25.6 Å². The van der Waals surface area contributed by atoms with Gasteiger partial charge in [-0.3, -0.25) is 20.4 Å². The zero-order valence-corrected chi connectivity index (χ0v) is 18.2. The summed E-state index contributed by atoms with van der Waals surface area (Å²) in [5.74, 6) is -0.0104. The number of aryl methyl sites for hydroxylation is 1. The number of benzene rings is 2. The Kier molecular flexibility index (Phi) is 6.44. The molecule has 2 aromatic carbocycles. The molecular formula is C22H19N5O2S2. The van der Waals surface area contributed by atoms with Crippen LogP contribution in [0.5, 0.6) is 0 Å². The summed E-state index contributed by atoms with van der Waals surface area (Å²) >= 11 is 2.90. The normalized spacial score (nSPS) is 10.6. The molecule has 0 aliphatic heterocycles. The van der Waals surface area contributed by atoms with Crippen LogP contribution >= 0.6 is 23.1 Å². The number of aromatic nitrogens is 3. The van der Waals surface area contributed by atoms with Gasteiger partial charge in [0.25, 0.3) is 11.8 Å². The van der Waals surface area contributed by atoms with E-state index in [0.717, 1.165) is 21.8 Å². The highest BCUT2D eigenvalue weighted by atomic mass is 32.2. The van der Waals surface area contributed by atoms with E-state index in [0.29, 0.717) is 16.2 Å². The monoisotopic (exact) mass is 449 g/mol. The van der Waals surface area contributed by atoms with Crippen molar-refractivity contribution in [1.29, 1.82) is 0 Å². The van der Waals surface area contributed by atoms with Crippen LogP contribution in [0.25, 0.3) is 11.1 Å². The second-order valence-corrected chi connectivity index (χ2v) is 8.51. The topological polar surface area (TPSA) is 88.9 Å². The smallest absolute Gasteiger partial charge is 0.280 e. The minimum Gasteiger partial charge on any atom is -0.312 e. The fourth-order valence-electron chi connectivity index (χ4n) is 2.88. The molecule has 0 atom stereocenters. The summed E-state index contributed by atoms with van der Waals surface area (Å²) in [6.45, 7) is 0. The van der Waals surface area contributed by atoms with Gasteiger partial charge in [-0.1, -0.05) is 54.2 Å². The third kappa shape index (κ3) is 5.01. The Balaban J connectivity index is 1.33. The van der Waals surface area contributed by atoms with E-state index in [1.54, 1.807) is 30.2 Å². The molecule has 2 N–H and O–H groups in total. The molecule has 7 nitrogen and oxygen atoms in total. The van der Waals surface area contributed by atoms with Crippen LogP contribution in [0.2, 0.25) is 0 Å². The van der Waals surface area contributed by atoms with Gasteiger partial charge in [0.15, 0.2) is 5.16 Å². The number of hydrogen-bond donors (Lipinski definition) is 2. The number of rotatable bonds is 6. The lowest BCUT2D eigenvalue weighted by Crippen LogP contribution is -2.41. The third-order valence-electron chi connectivity index (χ3n) is 4.50. The second kappa shape index (κ2) is 9.59. The number of carbonyl (C=O) groups excluding carboxylic acids is 2. The van der Waals surface area contributed by atoms with Crippen molar-refractivity contribution in [2.45, 2.75) is 10.9 Å². The quantitative estimate of drug-likeness (QED) is 0.344. The molecule has 156 valence electrons.